The molecule has 2 N–H and O–H groups in total. The molecule has 0 aliphatic carbocycles. The molecule has 1 aliphatic heterocycles. The van der Waals surface area contributed by atoms with Crippen LogP contribution in [-0.2, 0) is 13.1 Å². The maximum atomic E-state index is 9.49. The summed E-state index contributed by atoms with van der Waals surface area (Å²) in [5.41, 5.74) is 3.60. The van der Waals surface area contributed by atoms with Gasteiger partial charge in [-0.3, -0.25) is 4.90 Å². The lowest BCUT2D eigenvalue weighted by Gasteiger charge is -2.24. The fourth-order valence-electron chi connectivity index (χ4n) is 3.07. The summed E-state index contributed by atoms with van der Waals surface area (Å²) in [5.74, 6) is 0.653. The van der Waals surface area contributed by atoms with Crippen LogP contribution in [-0.4, -0.2) is 39.2 Å². The van der Waals surface area contributed by atoms with Gasteiger partial charge >= 0.3 is 0 Å². The first-order valence-electron chi connectivity index (χ1n) is 8.20. The highest BCUT2D eigenvalue weighted by molar-refractivity contribution is 5.32. The Kier molecular flexibility index (Phi) is 5.20. The number of anilines is 1. The third-order valence-electron chi connectivity index (χ3n) is 4.42. The molecule has 3 rings (SSSR count). The van der Waals surface area contributed by atoms with Gasteiger partial charge in [0.15, 0.2) is 0 Å². The van der Waals surface area contributed by atoms with E-state index >= 15 is 0 Å². The Morgan fingerprint density at radius 1 is 1.22 bits per heavy atom. The minimum atomic E-state index is 0.248. The molecule has 5 nitrogen and oxygen atoms in total. The summed E-state index contributed by atoms with van der Waals surface area (Å²) in [4.78, 5) is 10.9. The van der Waals surface area contributed by atoms with E-state index < -0.39 is 0 Å². The molecule has 1 aliphatic rings. The molecular formula is C18H24N4O. The highest BCUT2D eigenvalue weighted by atomic mass is 16.3. The molecule has 1 fully saturated rings. The second kappa shape index (κ2) is 7.53. The van der Waals surface area contributed by atoms with Gasteiger partial charge < -0.3 is 10.4 Å². The van der Waals surface area contributed by atoms with E-state index in [1.165, 1.54) is 17.5 Å². The molecule has 1 aromatic carbocycles. The van der Waals surface area contributed by atoms with Gasteiger partial charge in [0.2, 0.25) is 5.95 Å². The standard InChI is InChI=1S/C18H24N4O/c1-14-9-19-18(20-10-14)21-11-15-5-2-3-6-16(15)12-22-8-4-7-17(22)13-23/h2-3,5-6,9-10,17,23H,4,7-8,11-13H2,1H3,(H,19,20,21)/t17-/m0/s1. The summed E-state index contributed by atoms with van der Waals surface area (Å²) in [6.45, 7) is 4.88. The monoisotopic (exact) mass is 312 g/mol. The molecule has 0 spiro atoms. The molecule has 0 bridgehead atoms. The van der Waals surface area contributed by atoms with Crippen LogP contribution in [0, 0.1) is 6.92 Å². The first-order chi connectivity index (χ1) is 11.3. The number of hydrogen-bond acceptors (Lipinski definition) is 5. The van der Waals surface area contributed by atoms with E-state index in [1.54, 1.807) is 0 Å². The van der Waals surface area contributed by atoms with Gasteiger partial charge in [0.25, 0.3) is 0 Å². The van der Waals surface area contributed by atoms with Crippen molar-refractivity contribution in [1.29, 1.82) is 0 Å². The first-order valence-corrected chi connectivity index (χ1v) is 8.20. The molecule has 5 heteroatoms. The fraction of sp³-hybridized carbons (Fsp3) is 0.444. The van der Waals surface area contributed by atoms with Crippen molar-refractivity contribution in [3.8, 4) is 0 Å². The van der Waals surface area contributed by atoms with Crippen LogP contribution in [0.2, 0.25) is 0 Å². The molecule has 23 heavy (non-hydrogen) atoms. The predicted molar refractivity (Wildman–Crippen MR) is 91.1 cm³/mol. The van der Waals surface area contributed by atoms with Crippen molar-refractivity contribution in [2.75, 3.05) is 18.5 Å². The average Bonchev–Trinajstić information content (AvgIpc) is 3.03. The number of aliphatic hydroxyl groups is 1. The molecule has 0 amide bonds. The highest BCUT2D eigenvalue weighted by Crippen LogP contribution is 2.21. The minimum Gasteiger partial charge on any atom is -0.395 e. The number of benzene rings is 1. The van der Waals surface area contributed by atoms with Crippen LogP contribution in [0.5, 0.6) is 0 Å². The van der Waals surface area contributed by atoms with Crippen LogP contribution < -0.4 is 5.32 Å². The van der Waals surface area contributed by atoms with Gasteiger partial charge in [0.05, 0.1) is 6.61 Å². The fourth-order valence-corrected chi connectivity index (χ4v) is 3.07. The van der Waals surface area contributed by atoms with E-state index in [4.69, 9.17) is 0 Å². The summed E-state index contributed by atoms with van der Waals surface area (Å²) in [7, 11) is 0. The average molecular weight is 312 g/mol. The molecule has 1 atom stereocenters. The topological polar surface area (TPSA) is 61.3 Å². The third kappa shape index (κ3) is 4.06. The van der Waals surface area contributed by atoms with Crippen molar-refractivity contribution in [1.82, 2.24) is 14.9 Å². The van der Waals surface area contributed by atoms with E-state index in [0.29, 0.717) is 18.5 Å². The smallest absolute Gasteiger partial charge is 0.222 e. The Hall–Kier alpha value is -1.98. The molecule has 2 heterocycles. The Labute approximate surface area is 137 Å². The van der Waals surface area contributed by atoms with Crippen LogP contribution in [0.3, 0.4) is 0 Å². The summed E-state index contributed by atoms with van der Waals surface area (Å²) < 4.78 is 0. The van der Waals surface area contributed by atoms with Crippen LogP contribution >= 0.6 is 0 Å². The Balaban J connectivity index is 1.66. The Morgan fingerprint density at radius 2 is 1.96 bits per heavy atom. The van der Waals surface area contributed by atoms with E-state index in [1.807, 2.05) is 19.3 Å². The van der Waals surface area contributed by atoms with Gasteiger partial charge in [-0.05, 0) is 43.0 Å². The second-order valence-corrected chi connectivity index (χ2v) is 6.16. The van der Waals surface area contributed by atoms with Gasteiger partial charge in [-0.15, -0.1) is 0 Å². The van der Waals surface area contributed by atoms with Crippen molar-refractivity contribution >= 4 is 5.95 Å². The zero-order valence-electron chi connectivity index (χ0n) is 13.6. The maximum Gasteiger partial charge on any atom is 0.222 e. The lowest BCUT2D eigenvalue weighted by atomic mass is 10.1. The van der Waals surface area contributed by atoms with Crippen molar-refractivity contribution in [3.05, 3.63) is 53.3 Å². The number of aliphatic hydroxyl groups excluding tert-OH is 1. The lowest BCUT2D eigenvalue weighted by Crippen LogP contribution is -2.32. The quantitative estimate of drug-likeness (QED) is 0.857. The number of nitrogens with zero attached hydrogens (tertiary/aromatic N) is 3. The number of hydrogen-bond donors (Lipinski definition) is 2. The van der Waals surface area contributed by atoms with Crippen LogP contribution in [0.1, 0.15) is 29.5 Å². The van der Waals surface area contributed by atoms with Gasteiger partial charge in [-0.25, -0.2) is 9.97 Å². The van der Waals surface area contributed by atoms with Gasteiger partial charge in [-0.1, -0.05) is 24.3 Å². The number of aromatic nitrogens is 2. The van der Waals surface area contributed by atoms with Crippen molar-refractivity contribution < 1.29 is 5.11 Å². The van der Waals surface area contributed by atoms with Crippen LogP contribution in [0.4, 0.5) is 5.95 Å². The van der Waals surface area contributed by atoms with E-state index in [2.05, 4.69) is 44.5 Å². The van der Waals surface area contributed by atoms with E-state index in [0.717, 1.165) is 25.1 Å². The van der Waals surface area contributed by atoms with Crippen LogP contribution in [0.15, 0.2) is 36.7 Å². The zero-order chi connectivity index (χ0) is 16.1. The molecular weight excluding hydrogens is 288 g/mol. The number of likely N-dealkylation sites (tertiary alicyclic amines) is 1. The van der Waals surface area contributed by atoms with Crippen molar-refractivity contribution in [3.63, 3.8) is 0 Å². The third-order valence-corrected chi connectivity index (χ3v) is 4.42. The van der Waals surface area contributed by atoms with Gasteiger partial charge in [-0.2, -0.15) is 0 Å². The molecule has 0 radical (unpaired) electrons. The SMILES string of the molecule is Cc1cnc(NCc2ccccc2CN2CCC[C@H]2CO)nc1. The van der Waals surface area contributed by atoms with Crippen molar-refractivity contribution in [2.24, 2.45) is 0 Å². The molecule has 1 aromatic heterocycles. The summed E-state index contributed by atoms with van der Waals surface area (Å²) in [6, 6.07) is 8.74. The summed E-state index contributed by atoms with van der Waals surface area (Å²) in [6.07, 6.45) is 5.89. The van der Waals surface area contributed by atoms with E-state index in [-0.39, 0.29) is 6.61 Å². The molecule has 0 unspecified atom stereocenters. The molecule has 0 saturated carbocycles. The number of rotatable bonds is 6. The summed E-state index contributed by atoms with van der Waals surface area (Å²) >= 11 is 0. The maximum absolute atomic E-state index is 9.49. The number of aryl methyl sites for hydroxylation is 1. The van der Waals surface area contributed by atoms with Crippen molar-refractivity contribution in [2.45, 2.75) is 38.9 Å². The Bertz CT molecular complexity index is 629. The van der Waals surface area contributed by atoms with E-state index in [9.17, 15) is 5.11 Å². The second-order valence-electron chi connectivity index (χ2n) is 6.16. The molecule has 122 valence electrons. The Morgan fingerprint density at radius 3 is 2.70 bits per heavy atom. The minimum absolute atomic E-state index is 0.248. The largest absolute Gasteiger partial charge is 0.395 e. The zero-order valence-corrected chi connectivity index (χ0v) is 13.6. The van der Waals surface area contributed by atoms with Crippen LogP contribution in [0.25, 0.3) is 0 Å². The first kappa shape index (κ1) is 15.9. The molecule has 2 aromatic rings. The molecule has 1 saturated heterocycles. The van der Waals surface area contributed by atoms with Gasteiger partial charge in [0, 0.05) is 31.5 Å². The number of nitrogens with one attached hydrogen (secondary N) is 1. The predicted octanol–water partition coefficient (Wildman–Crippen LogP) is 2.35. The van der Waals surface area contributed by atoms with Gasteiger partial charge in [0.1, 0.15) is 0 Å². The summed E-state index contributed by atoms with van der Waals surface area (Å²) in [5, 5.41) is 12.8. The normalized spacial score (nSPS) is 18.3. The lowest BCUT2D eigenvalue weighted by molar-refractivity contribution is 0.153. The highest BCUT2D eigenvalue weighted by Gasteiger charge is 2.24.